The Morgan fingerprint density at radius 2 is 2.05 bits per heavy atom. The molecule has 20 heavy (non-hydrogen) atoms. The van der Waals surface area contributed by atoms with Crippen LogP contribution in [0.15, 0.2) is 18.2 Å². The molecule has 108 valence electrons. The van der Waals surface area contributed by atoms with Crippen molar-refractivity contribution < 1.29 is 9.90 Å². The Morgan fingerprint density at radius 1 is 1.35 bits per heavy atom. The molecule has 3 heteroatoms. The van der Waals surface area contributed by atoms with Crippen molar-refractivity contribution in [3.63, 3.8) is 0 Å². The molecular formula is C17H23NO2. The fourth-order valence-corrected chi connectivity index (χ4v) is 1.62. The number of carbonyl (C=O) groups is 1. The molecular weight excluding hydrogens is 250 g/mol. The first-order valence-electron chi connectivity index (χ1n) is 6.97. The van der Waals surface area contributed by atoms with Crippen molar-refractivity contribution in [2.45, 2.75) is 40.2 Å². The van der Waals surface area contributed by atoms with E-state index in [9.17, 15) is 4.79 Å². The molecule has 0 aliphatic heterocycles. The summed E-state index contributed by atoms with van der Waals surface area (Å²) in [6.45, 7) is 8.13. The van der Waals surface area contributed by atoms with Gasteiger partial charge in [-0.05, 0) is 31.9 Å². The van der Waals surface area contributed by atoms with Crippen molar-refractivity contribution in [1.82, 2.24) is 5.32 Å². The van der Waals surface area contributed by atoms with Gasteiger partial charge in [-0.2, -0.15) is 0 Å². The lowest BCUT2D eigenvalue weighted by Crippen LogP contribution is -2.36. The van der Waals surface area contributed by atoms with E-state index in [1.807, 2.05) is 32.0 Å². The molecule has 1 rings (SSSR count). The van der Waals surface area contributed by atoms with Crippen LogP contribution in [-0.2, 0) is 0 Å². The summed E-state index contributed by atoms with van der Waals surface area (Å²) in [5.41, 5.74) is 2.33. The summed E-state index contributed by atoms with van der Waals surface area (Å²) in [6.07, 6.45) is 0.414. The summed E-state index contributed by atoms with van der Waals surface area (Å²) in [5.74, 6) is 6.10. The number of rotatable bonds is 4. The zero-order valence-electron chi connectivity index (χ0n) is 12.7. The normalized spacial score (nSPS) is 11.7. The number of aliphatic hydroxyl groups is 1. The Bertz CT molecular complexity index is 524. The van der Waals surface area contributed by atoms with Gasteiger partial charge in [0.25, 0.3) is 5.91 Å². The van der Waals surface area contributed by atoms with E-state index in [-0.39, 0.29) is 18.6 Å². The lowest BCUT2D eigenvalue weighted by atomic mass is 10.0. The van der Waals surface area contributed by atoms with Gasteiger partial charge in [0.2, 0.25) is 0 Å². The third-order valence-corrected chi connectivity index (χ3v) is 3.24. The van der Waals surface area contributed by atoms with Crippen molar-refractivity contribution in [1.29, 1.82) is 0 Å². The standard InChI is InChI=1S/C17H23NO2/c1-12(2)14(4)18-17(20)16-11-13(3)8-9-15(16)7-5-6-10-19/h8-9,11-12,14,19H,6,10H2,1-4H3,(H,18,20). The minimum atomic E-state index is -0.0943. The lowest BCUT2D eigenvalue weighted by Gasteiger charge is -2.18. The number of hydrogen-bond acceptors (Lipinski definition) is 2. The van der Waals surface area contributed by atoms with Gasteiger partial charge in [0.15, 0.2) is 0 Å². The van der Waals surface area contributed by atoms with E-state index in [0.717, 1.165) is 5.56 Å². The molecule has 1 unspecified atom stereocenters. The molecule has 0 bridgehead atoms. The first kappa shape index (κ1) is 16.3. The molecule has 0 spiro atoms. The average Bonchev–Trinajstić information content (AvgIpc) is 2.40. The van der Waals surface area contributed by atoms with E-state index >= 15 is 0 Å². The number of benzene rings is 1. The second-order valence-electron chi connectivity index (χ2n) is 5.33. The maximum Gasteiger partial charge on any atom is 0.252 e. The van der Waals surface area contributed by atoms with Crippen molar-refractivity contribution in [3.05, 3.63) is 34.9 Å². The average molecular weight is 273 g/mol. The monoisotopic (exact) mass is 273 g/mol. The van der Waals surface area contributed by atoms with Crippen LogP contribution < -0.4 is 5.32 Å². The molecule has 1 atom stereocenters. The summed E-state index contributed by atoms with van der Waals surface area (Å²) < 4.78 is 0. The summed E-state index contributed by atoms with van der Waals surface area (Å²) in [5, 5.41) is 11.8. The first-order valence-corrected chi connectivity index (χ1v) is 6.97. The molecule has 0 saturated carbocycles. The number of amides is 1. The zero-order chi connectivity index (χ0) is 15.1. The molecule has 0 aliphatic carbocycles. The maximum absolute atomic E-state index is 12.3. The molecule has 0 fully saturated rings. The van der Waals surface area contributed by atoms with Gasteiger partial charge in [-0.1, -0.05) is 37.3 Å². The Hall–Kier alpha value is -1.79. The maximum atomic E-state index is 12.3. The molecule has 0 heterocycles. The molecule has 1 amide bonds. The Balaban J connectivity index is 3.00. The third kappa shape index (κ3) is 4.71. The van der Waals surface area contributed by atoms with Crippen LogP contribution in [0.5, 0.6) is 0 Å². The number of aryl methyl sites for hydroxylation is 1. The van der Waals surface area contributed by atoms with Crippen LogP contribution in [-0.4, -0.2) is 23.7 Å². The SMILES string of the molecule is Cc1ccc(C#CCCO)c(C(=O)NC(C)C(C)C)c1. The van der Waals surface area contributed by atoms with Crippen molar-refractivity contribution in [2.75, 3.05) is 6.61 Å². The Morgan fingerprint density at radius 3 is 2.65 bits per heavy atom. The zero-order valence-corrected chi connectivity index (χ0v) is 12.7. The van der Waals surface area contributed by atoms with Gasteiger partial charge in [-0.3, -0.25) is 4.79 Å². The largest absolute Gasteiger partial charge is 0.395 e. The Kier molecular flexibility index (Phi) is 6.27. The van der Waals surface area contributed by atoms with Crippen LogP contribution in [0.2, 0.25) is 0 Å². The molecule has 3 nitrogen and oxygen atoms in total. The highest BCUT2D eigenvalue weighted by Crippen LogP contribution is 2.12. The van der Waals surface area contributed by atoms with E-state index < -0.39 is 0 Å². The van der Waals surface area contributed by atoms with E-state index in [1.165, 1.54) is 0 Å². The summed E-state index contributed by atoms with van der Waals surface area (Å²) >= 11 is 0. The highest BCUT2D eigenvalue weighted by atomic mass is 16.2. The predicted molar refractivity (Wildman–Crippen MR) is 81.5 cm³/mol. The summed E-state index contributed by atoms with van der Waals surface area (Å²) in [7, 11) is 0. The second-order valence-corrected chi connectivity index (χ2v) is 5.33. The van der Waals surface area contributed by atoms with E-state index in [1.54, 1.807) is 0 Å². The third-order valence-electron chi connectivity index (χ3n) is 3.24. The fourth-order valence-electron chi connectivity index (χ4n) is 1.62. The summed E-state index contributed by atoms with van der Waals surface area (Å²) in [6, 6.07) is 5.76. The highest BCUT2D eigenvalue weighted by molar-refractivity contribution is 5.97. The topological polar surface area (TPSA) is 49.3 Å². The minimum absolute atomic E-state index is 0.0325. The highest BCUT2D eigenvalue weighted by Gasteiger charge is 2.15. The van der Waals surface area contributed by atoms with Crippen LogP contribution in [0.1, 0.15) is 48.7 Å². The number of nitrogens with one attached hydrogen (secondary N) is 1. The molecule has 0 saturated heterocycles. The van der Waals surface area contributed by atoms with Gasteiger partial charge in [-0.15, -0.1) is 0 Å². The van der Waals surface area contributed by atoms with Gasteiger partial charge in [0.05, 0.1) is 12.2 Å². The molecule has 1 aromatic rings. The van der Waals surface area contributed by atoms with Crippen LogP contribution >= 0.6 is 0 Å². The molecule has 2 N–H and O–H groups in total. The van der Waals surface area contributed by atoms with Gasteiger partial charge in [0.1, 0.15) is 0 Å². The number of carbonyl (C=O) groups excluding carboxylic acids is 1. The molecule has 1 aromatic carbocycles. The van der Waals surface area contributed by atoms with Crippen LogP contribution in [0.25, 0.3) is 0 Å². The quantitative estimate of drug-likeness (QED) is 0.828. The van der Waals surface area contributed by atoms with Gasteiger partial charge in [-0.25, -0.2) is 0 Å². The van der Waals surface area contributed by atoms with Crippen LogP contribution in [0, 0.1) is 24.7 Å². The lowest BCUT2D eigenvalue weighted by molar-refractivity contribution is 0.0930. The first-order chi connectivity index (χ1) is 9.45. The van der Waals surface area contributed by atoms with Gasteiger partial charge in [0, 0.05) is 18.0 Å². The predicted octanol–water partition coefficient (Wildman–Crippen LogP) is 2.50. The van der Waals surface area contributed by atoms with E-state index in [2.05, 4.69) is 31.0 Å². The Labute approximate surface area is 121 Å². The van der Waals surface area contributed by atoms with E-state index in [0.29, 0.717) is 23.5 Å². The molecule has 0 radical (unpaired) electrons. The summed E-state index contributed by atoms with van der Waals surface area (Å²) in [4.78, 5) is 12.3. The number of aliphatic hydroxyl groups excluding tert-OH is 1. The van der Waals surface area contributed by atoms with Crippen molar-refractivity contribution in [2.24, 2.45) is 5.92 Å². The van der Waals surface area contributed by atoms with Crippen LogP contribution in [0.4, 0.5) is 0 Å². The molecule has 0 aromatic heterocycles. The fraction of sp³-hybridized carbons (Fsp3) is 0.471. The van der Waals surface area contributed by atoms with Crippen LogP contribution in [0.3, 0.4) is 0 Å². The van der Waals surface area contributed by atoms with E-state index in [4.69, 9.17) is 5.11 Å². The minimum Gasteiger partial charge on any atom is -0.395 e. The van der Waals surface area contributed by atoms with Crippen molar-refractivity contribution in [3.8, 4) is 11.8 Å². The van der Waals surface area contributed by atoms with Gasteiger partial charge < -0.3 is 10.4 Å². The second kappa shape index (κ2) is 7.72. The molecule has 0 aliphatic rings. The number of hydrogen-bond donors (Lipinski definition) is 2. The smallest absolute Gasteiger partial charge is 0.252 e. The van der Waals surface area contributed by atoms with Crippen molar-refractivity contribution >= 4 is 5.91 Å². The van der Waals surface area contributed by atoms with Gasteiger partial charge >= 0.3 is 0 Å².